The monoisotopic (exact) mass is 414 g/mol. The summed E-state index contributed by atoms with van der Waals surface area (Å²) in [4.78, 5) is 35.2. The van der Waals surface area contributed by atoms with Crippen LogP contribution in [0.3, 0.4) is 0 Å². The van der Waals surface area contributed by atoms with Crippen molar-refractivity contribution in [1.82, 2.24) is 20.2 Å². The number of likely N-dealkylation sites (tertiary alicyclic amines) is 1. The van der Waals surface area contributed by atoms with Crippen LogP contribution in [0.4, 0.5) is 0 Å². The van der Waals surface area contributed by atoms with E-state index in [4.69, 9.17) is 10.8 Å². The Morgan fingerprint density at radius 2 is 2.10 bits per heavy atom. The number of rotatable bonds is 4. The van der Waals surface area contributed by atoms with Crippen LogP contribution in [-0.2, 0) is 0 Å². The third-order valence-electron chi connectivity index (χ3n) is 6.62. The lowest BCUT2D eigenvalue weighted by Crippen LogP contribution is -2.40. The van der Waals surface area contributed by atoms with Crippen molar-refractivity contribution in [2.75, 3.05) is 19.6 Å². The smallest absolute Gasteiger partial charge is 0.287 e. The van der Waals surface area contributed by atoms with Crippen molar-refractivity contribution in [2.24, 2.45) is 11.3 Å². The van der Waals surface area contributed by atoms with Crippen LogP contribution in [0.1, 0.15) is 45.9 Å². The first-order valence-corrected chi connectivity index (χ1v) is 10.4. The average Bonchev–Trinajstić information content (AvgIpc) is 3.28. The van der Waals surface area contributed by atoms with E-state index in [1.165, 1.54) is 0 Å². The van der Waals surface area contributed by atoms with Crippen molar-refractivity contribution in [1.29, 1.82) is 0 Å². The van der Waals surface area contributed by atoms with Gasteiger partial charge in [-0.05, 0) is 54.9 Å². The van der Waals surface area contributed by atoms with Crippen molar-refractivity contribution >= 4 is 22.8 Å². The molecular formula is C24H22N4O3. The molecule has 31 heavy (non-hydrogen) atoms. The second-order valence-electron chi connectivity index (χ2n) is 8.37. The Labute approximate surface area is 179 Å². The van der Waals surface area contributed by atoms with E-state index in [9.17, 15) is 9.59 Å². The molecule has 1 spiro atoms. The fraction of sp³-hybridized carbons (Fsp3) is 0.333. The summed E-state index contributed by atoms with van der Waals surface area (Å²) in [5.41, 5.74) is 1.93. The van der Waals surface area contributed by atoms with Gasteiger partial charge in [-0.3, -0.25) is 14.6 Å². The topological polar surface area (TPSA) is 88.3 Å². The zero-order chi connectivity index (χ0) is 21.4. The van der Waals surface area contributed by atoms with E-state index < -0.39 is 0 Å². The summed E-state index contributed by atoms with van der Waals surface area (Å²) in [6, 6.07) is 6.99. The van der Waals surface area contributed by atoms with Crippen LogP contribution in [0.15, 0.2) is 47.3 Å². The number of aromatic nitrogens is 2. The summed E-state index contributed by atoms with van der Waals surface area (Å²) in [5.74, 6) is 3.00. The number of fused-ring (bicyclic) bond motifs is 1. The molecule has 1 aliphatic heterocycles. The van der Waals surface area contributed by atoms with Crippen LogP contribution >= 0.6 is 0 Å². The van der Waals surface area contributed by atoms with Gasteiger partial charge in [-0.25, -0.2) is 4.98 Å². The maximum atomic E-state index is 12.7. The second kappa shape index (κ2) is 7.55. The summed E-state index contributed by atoms with van der Waals surface area (Å²) in [5, 5.41) is 3.87. The van der Waals surface area contributed by atoms with Crippen LogP contribution in [0.25, 0.3) is 11.0 Å². The van der Waals surface area contributed by atoms with Crippen molar-refractivity contribution in [2.45, 2.75) is 19.3 Å². The van der Waals surface area contributed by atoms with Crippen LogP contribution in [0, 0.1) is 23.7 Å². The number of carbonyl (C=O) groups is 2. The highest BCUT2D eigenvalue weighted by Gasteiger charge is 2.54. The second-order valence-corrected chi connectivity index (χ2v) is 8.37. The number of hydrogen-bond donors (Lipinski definition) is 1. The lowest BCUT2D eigenvalue weighted by Gasteiger charge is -2.33. The molecule has 7 nitrogen and oxygen atoms in total. The molecule has 0 radical (unpaired) electrons. The van der Waals surface area contributed by atoms with Crippen molar-refractivity contribution in [3.8, 4) is 12.3 Å². The molecule has 2 amide bonds. The molecule has 2 aliphatic rings. The molecule has 1 unspecified atom stereocenters. The molecule has 0 bridgehead atoms. The SMILES string of the molecule is C#Cc1ccc(C(=O)N2CCC3(CC2)CC3CNC(=O)c2cc3ccncc3o2)cn1. The molecule has 1 atom stereocenters. The number of amides is 2. The molecule has 1 saturated carbocycles. The molecule has 1 saturated heterocycles. The Morgan fingerprint density at radius 3 is 2.81 bits per heavy atom. The minimum Gasteiger partial charge on any atom is -0.449 e. The maximum absolute atomic E-state index is 12.7. The van der Waals surface area contributed by atoms with Crippen LogP contribution in [0.2, 0.25) is 0 Å². The molecule has 4 heterocycles. The number of nitrogens with zero attached hydrogens (tertiary/aromatic N) is 3. The minimum atomic E-state index is -0.200. The van der Waals surface area contributed by atoms with Crippen molar-refractivity contribution < 1.29 is 14.0 Å². The van der Waals surface area contributed by atoms with E-state index in [1.54, 1.807) is 36.8 Å². The minimum absolute atomic E-state index is 0.00389. The van der Waals surface area contributed by atoms with E-state index in [0.717, 1.165) is 37.7 Å². The van der Waals surface area contributed by atoms with Crippen LogP contribution in [-0.4, -0.2) is 46.3 Å². The summed E-state index contributed by atoms with van der Waals surface area (Å²) < 4.78 is 5.58. The van der Waals surface area contributed by atoms with Gasteiger partial charge in [0.25, 0.3) is 11.8 Å². The van der Waals surface area contributed by atoms with E-state index in [-0.39, 0.29) is 17.2 Å². The lowest BCUT2D eigenvalue weighted by atomic mass is 9.90. The van der Waals surface area contributed by atoms with Crippen LogP contribution in [0.5, 0.6) is 0 Å². The van der Waals surface area contributed by atoms with Crippen molar-refractivity contribution in [3.05, 3.63) is 59.9 Å². The number of furan rings is 1. The lowest BCUT2D eigenvalue weighted by molar-refractivity contribution is 0.0668. The van der Waals surface area contributed by atoms with Gasteiger partial charge in [0.05, 0.1) is 11.8 Å². The van der Waals surface area contributed by atoms with Crippen molar-refractivity contribution in [3.63, 3.8) is 0 Å². The van der Waals surface area contributed by atoms with Crippen LogP contribution < -0.4 is 5.32 Å². The first-order valence-electron chi connectivity index (χ1n) is 10.4. The molecule has 156 valence electrons. The predicted octanol–water partition coefficient (Wildman–Crippen LogP) is 2.88. The molecule has 2 fully saturated rings. The zero-order valence-corrected chi connectivity index (χ0v) is 17.0. The van der Waals surface area contributed by atoms with Gasteiger partial charge < -0.3 is 14.6 Å². The molecule has 5 rings (SSSR count). The number of nitrogens with one attached hydrogen (secondary N) is 1. The number of carbonyl (C=O) groups excluding carboxylic acids is 2. The maximum Gasteiger partial charge on any atom is 0.287 e. The summed E-state index contributed by atoms with van der Waals surface area (Å²) >= 11 is 0. The van der Waals surface area contributed by atoms with E-state index in [2.05, 4.69) is 21.2 Å². The number of pyridine rings is 2. The Bertz CT molecular complexity index is 1150. The fourth-order valence-corrected chi connectivity index (χ4v) is 4.58. The standard InChI is InChI=1S/C24H22N4O3/c1-2-19-4-3-17(13-26-19)23(30)28-9-6-24(7-10-28)12-18(24)14-27-22(29)20-11-16-5-8-25-15-21(16)31-20/h1,3-5,8,11,13,15,18H,6-7,9-10,12,14H2,(H,27,29). The third-order valence-corrected chi connectivity index (χ3v) is 6.62. The Morgan fingerprint density at radius 1 is 1.26 bits per heavy atom. The van der Waals surface area contributed by atoms with E-state index in [1.807, 2.05) is 11.0 Å². The summed E-state index contributed by atoms with van der Waals surface area (Å²) in [6.07, 6.45) is 13.1. The molecule has 0 aromatic carbocycles. The molecule has 3 aromatic rings. The Hall–Kier alpha value is -3.66. The highest BCUT2D eigenvalue weighted by atomic mass is 16.3. The molecular weight excluding hydrogens is 392 g/mol. The van der Waals surface area contributed by atoms with Gasteiger partial charge in [0.2, 0.25) is 0 Å². The third kappa shape index (κ3) is 3.66. The molecule has 1 N–H and O–H groups in total. The Balaban J connectivity index is 1.13. The highest BCUT2D eigenvalue weighted by molar-refractivity contribution is 5.96. The summed E-state index contributed by atoms with van der Waals surface area (Å²) in [7, 11) is 0. The largest absolute Gasteiger partial charge is 0.449 e. The van der Waals surface area contributed by atoms with Gasteiger partial charge >= 0.3 is 0 Å². The normalized spacial score (nSPS) is 19.2. The number of hydrogen-bond acceptors (Lipinski definition) is 5. The van der Waals surface area contributed by atoms with Gasteiger partial charge in [0.15, 0.2) is 11.3 Å². The number of piperidine rings is 1. The van der Waals surface area contributed by atoms with Gasteiger partial charge in [0.1, 0.15) is 5.69 Å². The van der Waals surface area contributed by atoms with E-state index >= 15 is 0 Å². The first-order chi connectivity index (χ1) is 15.1. The first kappa shape index (κ1) is 19.3. The van der Waals surface area contributed by atoms with Gasteiger partial charge in [-0.15, -0.1) is 6.42 Å². The number of terminal acetylenes is 1. The van der Waals surface area contributed by atoms with Gasteiger partial charge in [-0.2, -0.15) is 0 Å². The van der Waals surface area contributed by atoms with E-state index in [0.29, 0.717) is 35.1 Å². The summed E-state index contributed by atoms with van der Waals surface area (Å²) in [6.45, 7) is 2.06. The zero-order valence-electron chi connectivity index (χ0n) is 17.0. The molecule has 7 heteroatoms. The fourth-order valence-electron chi connectivity index (χ4n) is 4.58. The average molecular weight is 414 g/mol. The molecule has 3 aromatic heterocycles. The van der Waals surface area contributed by atoms with Gasteiger partial charge in [0, 0.05) is 37.4 Å². The predicted molar refractivity (Wildman–Crippen MR) is 114 cm³/mol. The highest BCUT2D eigenvalue weighted by Crippen LogP contribution is 2.59. The van der Waals surface area contributed by atoms with Gasteiger partial charge in [-0.1, -0.05) is 5.92 Å². The molecule has 1 aliphatic carbocycles. The Kier molecular flexibility index (Phi) is 4.70. The quantitative estimate of drug-likeness (QED) is 0.663.